The zero-order chi connectivity index (χ0) is 23.9. The quantitative estimate of drug-likeness (QED) is 0.498. The maximum Gasteiger partial charge on any atom is 0.324 e. The van der Waals surface area contributed by atoms with Gasteiger partial charge in [-0.15, -0.1) is 0 Å². The van der Waals surface area contributed by atoms with Crippen LogP contribution in [-0.4, -0.2) is 53.0 Å². The number of ether oxygens (including phenoxy) is 1. The van der Waals surface area contributed by atoms with Gasteiger partial charge in [-0.05, 0) is 37.1 Å². The molecule has 0 aliphatic carbocycles. The summed E-state index contributed by atoms with van der Waals surface area (Å²) in [6.45, 7) is 4.43. The lowest BCUT2D eigenvalue weighted by atomic mass is 10.1. The van der Waals surface area contributed by atoms with Gasteiger partial charge in [0.25, 0.3) is 5.91 Å². The number of aryl methyl sites for hydroxylation is 1. The lowest BCUT2D eigenvalue weighted by Crippen LogP contribution is -2.37. The summed E-state index contributed by atoms with van der Waals surface area (Å²) < 4.78 is 5.40. The number of rotatable bonds is 7. The normalized spacial score (nSPS) is 15.5. The number of carbonyl (C=O) groups excluding carboxylic acids is 2. The fraction of sp³-hybridized carbons (Fsp3) is 0.280. The third-order valence-corrected chi connectivity index (χ3v) is 5.59. The Bertz CT molecular complexity index is 1140. The lowest BCUT2D eigenvalue weighted by Gasteiger charge is -2.17. The molecule has 1 fully saturated rings. The number of anilines is 2. The number of nitrogens with one attached hydrogen (secondary N) is 3. The number of aromatic nitrogens is 2. The molecular weight excluding hydrogens is 432 g/mol. The highest BCUT2D eigenvalue weighted by atomic mass is 16.5. The molecule has 1 atom stereocenters. The van der Waals surface area contributed by atoms with Crippen molar-refractivity contribution >= 4 is 23.4 Å². The molecule has 2 aromatic carbocycles. The van der Waals surface area contributed by atoms with Crippen molar-refractivity contribution in [3.05, 3.63) is 77.7 Å². The van der Waals surface area contributed by atoms with E-state index in [2.05, 4.69) is 43.0 Å². The Kier molecular flexibility index (Phi) is 7.34. The maximum atomic E-state index is 12.8. The number of likely N-dealkylation sites (tertiary alicyclic amines) is 1. The Balaban J connectivity index is 1.33. The van der Waals surface area contributed by atoms with Crippen molar-refractivity contribution in [2.45, 2.75) is 25.9 Å². The van der Waals surface area contributed by atoms with E-state index in [0.29, 0.717) is 22.8 Å². The molecule has 9 nitrogen and oxygen atoms in total. The van der Waals surface area contributed by atoms with Gasteiger partial charge in [0.2, 0.25) is 0 Å². The van der Waals surface area contributed by atoms with Crippen molar-refractivity contribution in [1.29, 1.82) is 0 Å². The summed E-state index contributed by atoms with van der Waals surface area (Å²) in [4.78, 5) is 35.7. The Morgan fingerprint density at radius 2 is 1.91 bits per heavy atom. The Labute approximate surface area is 198 Å². The number of methoxy groups -OCH3 is 1. The number of nitrogens with zero attached hydrogens (tertiary/aromatic N) is 3. The lowest BCUT2D eigenvalue weighted by molar-refractivity contribution is 0.0937. The van der Waals surface area contributed by atoms with Crippen LogP contribution in [0.1, 0.15) is 28.0 Å². The van der Waals surface area contributed by atoms with E-state index < -0.39 is 6.03 Å². The first kappa shape index (κ1) is 23.2. The molecule has 0 bridgehead atoms. The number of carbonyl (C=O) groups is 2. The topological polar surface area (TPSA) is 108 Å². The second-order valence-electron chi connectivity index (χ2n) is 8.22. The highest BCUT2D eigenvalue weighted by Crippen LogP contribution is 2.26. The molecular formula is C25H28N6O3. The Morgan fingerprint density at radius 3 is 2.65 bits per heavy atom. The molecule has 9 heteroatoms. The minimum Gasteiger partial charge on any atom is -0.495 e. The molecule has 34 heavy (non-hydrogen) atoms. The minimum absolute atomic E-state index is 0.0846. The Morgan fingerprint density at radius 1 is 1.09 bits per heavy atom. The van der Waals surface area contributed by atoms with Crippen LogP contribution >= 0.6 is 0 Å². The fourth-order valence-electron chi connectivity index (χ4n) is 3.87. The van der Waals surface area contributed by atoms with Gasteiger partial charge < -0.3 is 15.4 Å². The molecule has 3 N–H and O–H groups in total. The third-order valence-electron chi connectivity index (χ3n) is 5.59. The van der Waals surface area contributed by atoms with Gasteiger partial charge in [-0.1, -0.05) is 30.3 Å². The van der Waals surface area contributed by atoms with Crippen molar-refractivity contribution in [3.8, 4) is 5.75 Å². The fourth-order valence-corrected chi connectivity index (χ4v) is 3.87. The van der Waals surface area contributed by atoms with Crippen LogP contribution in [0.2, 0.25) is 0 Å². The van der Waals surface area contributed by atoms with E-state index in [-0.39, 0.29) is 11.9 Å². The summed E-state index contributed by atoms with van der Waals surface area (Å²) in [6, 6.07) is 14.8. The van der Waals surface area contributed by atoms with Gasteiger partial charge >= 0.3 is 6.03 Å². The monoisotopic (exact) mass is 460 g/mol. The molecule has 1 aliphatic rings. The summed E-state index contributed by atoms with van der Waals surface area (Å²) in [5.41, 5.74) is 2.92. The first-order valence-corrected chi connectivity index (χ1v) is 11.1. The molecule has 2 heterocycles. The van der Waals surface area contributed by atoms with Crippen molar-refractivity contribution < 1.29 is 14.3 Å². The Hall–Kier alpha value is -3.98. The molecule has 0 spiro atoms. The van der Waals surface area contributed by atoms with E-state index in [0.717, 1.165) is 31.7 Å². The SMILES string of the molecule is COc1cc(C(=O)N[C@@H]2CCN(Cc3ccccc3)C2)ccc1NC(=O)Nc1cnc(C)cn1. The van der Waals surface area contributed by atoms with E-state index in [1.807, 2.05) is 25.1 Å². The highest BCUT2D eigenvalue weighted by molar-refractivity contribution is 6.01. The number of amides is 3. The average Bonchev–Trinajstić information content (AvgIpc) is 3.27. The number of benzene rings is 2. The second kappa shape index (κ2) is 10.8. The van der Waals surface area contributed by atoms with Crippen LogP contribution in [0.5, 0.6) is 5.75 Å². The second-order valence-corrected chi connectivity index (χ2v) is 8.22. The van der Waals surface area contributed by atoms with Crippen LogP contribution in [-0.2, 0) is 6.54 Å². The standard InChI is InChI=1S/C25H28N6O3/c1-17-13-27-23(14-26-17)30-25(33)29-21-9-8-19(12-22(21)34-2)24(32)28-20-10-11-31(16-20)15-18-6-4-3-5-7-18/h3-9,12-14,20H,10-11,15-16H2,1-2H3,(H,28,32)(H2,27,29,30,33)/t20-/m1/s1. The zero-order valence-electron chi connectivity index (χ0n) is 19.2. The maximum absolute atomic E-state index is 12.8. The van der Waals surface area contributed by atoms with Crippen LogP contribution < -0.4 is 20.7 Å². The van der Waals surface area contributed by atoms with Gasteiger partial charge in [0.05, 0.1) is 30.9 Å². The molecule has 0 saturated carbocycles. The van der Waals surface area contributed by atoms with Crippen molar-refractivity contribution in [1.82, 2.24) is 20.2 Å². The van der Waals surface area contributed by atoms with Crippen LogP contribution in [0.4, 0.5) is 16.3 Å². The van der Waals surface area contributed by atoms with Crippen molar-refractivity contribution in [2.24, 2.45) is 0 Å². The van der Waals surface area contributed by atoms with Crippen LogP contribution in [0.25, 0.3) is 0 Å². The van der Waals surface area contributed by atoms with Gasteiger partial charge in [0, 0.05) is 31.2 Å². The van der Waals surface area contributed by atoms with E-state index in [1.165, 1.54) is 18.9 Å². The van der Waals surface area contributed by atoms with Crippen LogP contribution in [0.15, 0.2) is 60.9 Å². The zero-order valence-corrected chi connectivity index (χ0v) is 19.2. The molecule has 1 saturated heterocycles. The molecule has 0 unspecified atom stereocenters. The largest absolute Gasteiger partial charge is 0.495 e. The van der Waals surface area contributed by atoms with Crippen LogP contribution in [0, 0.1) is 6.92 Å². The van der Waals surface area contributed by atoms with Gasteiger partial charge in [-0.3, -0.25) is 20.0 Å². The molecule has 0 radical (unpaired) electrons. The molecule has 1 aliphatic heterocycles. The summed E-state index contributed by atoms with van der Waals surface area (Å²) in [7, 11) is 1.49. The minimum atomic E-state index is -0.488. The number of hydrogen-bond donors (Lipinski definition) is 3. The predicted octanol–water partition coefficient (Wildman–Crippen LogP) is 3.44. The van der Waals surface area contributed by atoms with Crippen molar-refractivity contribution in [2.75, 3.05) is 30.8 Å². The number of urea groups is 1. The summed E-state index contributed by atoms with van der Waals surface area (Å²) in [5, 5.41) is 8.43. The van der Waals surface area contributed by atoms with E-state index in [4.69, 9.17) is 4.74 Å². The summed E-state index contributed by atoms with van der Waals surface area (Å²) in [6.07, 6.45) is 3.94. The molecule has 3 amide bonds. The van der Waals surface area contributed by atoms with E-state index in [1.54, 1.807) is 24.4 Å². The van der Waals surface area contributed by atoms with Gasteiger partial charge in [-0.2, -0.15) is 0 Å². The number of hydrogen-bond acceptors (Lipinski definition) is 6. The molecule has 4 rings (SSSR count). The van der Waals surface area contributed by atoms with Gasteiger partial charge in [-0.25, -0.2) is 9.78 Å². The molecule has 1 aromatic heterocycles. The van der Waals surface area contributed by atoms with Crippen LogP contribution in [0.3, 0.4) is 0 Å². The smallest absolute Gasteiger partial charge is 0.324 e. The third kappa shape index (κ3) is 6.08. The summed E-state index contributed by atoms with van der Waals surface area (Å²) >= 11 is 0. The highest BCUT2D eigenvalue weighted by Gasteiger charge is 2.24. The van der Waals surface area contributed by atoms with Gasteiger partial charge in [0.15, 0.2) is 5.82 Å². The average molecular weight is 461 g/mol. The first-order chi connectivity index (χ1) is 16.5. The molecule has 176 valence electrons. The molecule has 3 aromatic rings. The van der Waals surface area contributed by atoms with Gasteiger partial charge in [0.1, 0.15) is 5.75 Å². The van der Waals surface area contributed by atoms with Crippen molar-refractivity contribution in [3.63, 3.8) is 0 Å². The predicted molar refractivity (Wildman–Crippen MR) is 130 cm³/mol. The summed E-state index contributed by atoms with van der Waals surface area (Å²) in [5.74, 6) is 0.543. The van der Waals surface area contributed by atoms with E-state index >= 15 is 0 Å². The first-order valence-electron chi connectivity index (χ1n) is 11.1. The van der Waals surface area contributed by atoms with E-state index in [9.17, 15) is 9.59 Å².